The largest absolute Gasteiger partial charge is 0.423 e. The zero-order valence-electron chi connectivity index (χ0n) is 9.98. The summed E-state index contributed by atoms with van der Waals surface area (Å²) >= 11 is 0. The van der Waals surface area contributed by atoms with Crippen LogP contribution in [-0.2, 0) is 24.1 Å². The molecule has 1 aromatic heterocycles. The zero-order chi connectivity index (χ0) is 14.5. The Hall–Kier alpha value is -2.16. The molecule has 3 rings (SSSR count). The Morgan fingerprint density at radius 1 is 1.40 bits per heavy atom. The van der Waals surface area contributed by atoms with Gasteiger partial charge in [0.15, 0.2) is 0 Å². The highest BCUT2D eigenvalue weighted by molar-refractivity contribution is 5.81. The lowest BCUT2D eigenvalue weighted by molar-refractivity contribution is -0.387. The van der Waals surface area contributed by atoms with E-state index in [0.717, 1.165) is 12.1 Å². The molecule has 1 aliphatic rings. The van der Waals surface area contributed by atoms with Crippen LogP contribution in [0.1, 0.15) is 11.4 Å². The molecule has 0 unspecified atom stereocenters. The number of hydrogen-bond acceptors (Lipinski definition) is 4. The van der Waals surface area contributed by atoms with Crippen LogP contribution in [0.2, 0.25) is 0 Å². The summed E-state index contributed by atoms with van der Waals surface area (Å²) in [4.78, 5) is 13.9. The minimum Gasteiger partial charge on any atom is -0.372 e. The van der Waals surface area contributed by atoms with Crippen molar-refractivity contribution in [3.8, 4) is 0 Å². The van der Waals surface area contributed by atoms with Gasteiger partial charge < -0.3 is 9.30 Å². The molecular formula is C11H8F3N3O3. The minimum atomic E-state index is -4.79. The van der Waals surface area contributed by atoms with Crippen LogP contribution in [0, 0.1) is 10.1 Å². The van der Waals surface area contributed by atoms with E-state index in [9.17, 15) is 23.3 Å². The summed E-state index contributed by atoms with van der Waals surface area (Å²) < 4.78 is 45.4. The van der Waals surface area contributed by atoms with Gasteiger partial charge in [0.2, 0.25) is 0 Å². The predicted octanol–water partition coefficient (Wildman–Crippen LogP) is 2.49. The summed E-state index contributed by atoms with van der Waals surface area (Å²) in [6, 6.07) is 1.65. The molecule has 0 fully saturated rings. The Labute approximate surface area is 109 Å². The molecule has 0 N–H and O–H groups in total. The molecule has 9 heteroatoms. The topological polar surface area (TPSA) is 70.2 Å². The fraction of sp³-hybridized carbons (Fsp3) is 0.364. The maximum absolute atomic E-state index is 12.9. The molecule has 0 saturated heterocycles. The molecule has 1 aromatic carbocycles. The van der Waals surface area contributed by atoms with E-state index >= 15 is 0 Å². The maximum atomic E-state index is 12.9. The van der Waals surface area contributed by atoms with E-state index < -0.39 is 22.4 Å². The average molecular weight is 287 g/mol. The molecule has 1 aliphatic heterocycles. The summed E-state index contributed by atoms with van der Waals surface area (Å²) in [7, 11) is 0. The summed E-state index contributed by atoms with van der Waals surface area (Å²) in [6.45, 7) is 0.992. The first kappa shape index (κ1) is 12.9. The number of halogens is 3. The Balaban J connectivity index is 2.31. The molecule has 0 saturated carbocycles. The maximum Gasteiger partial charge on any atom is 0.423 e. The first-order valence-corrected chi connectivity index (χ1v) is 5.70. The van der Waals surface area contributed by atoms with E-state index in [2.05, 4.69) is 4.98 Å². The Kier molecular flexibility index (Phi) is 2.68. The second kappa shape index (κ2) is 4.17. The number of rotatable bonds is 1. The quantitative estimate of drug-likeness (QED) is 0.597. The third kappa shape index (κ3) is 1.90. The van der Waals surface area contributed by atoms with Crippen LogP contribution in [0.25, 0.3) is 11.0 Å². The Bertz CT molecular complexity index is 708. The first-order valence-electron chi connectivity index (χ1n) is 5.70. The van der Waals surface area contributed by atoms with Gasteiger partial charge in [-0.15, -0.1) is 0 Å². The van der Waals surface area contributed by atoms with Gasteiger partial charge >= 0.3 is 6.18 Å². The van der Waals surface area contributed by atoms with E-state index in [1.807, 2.05) is 0 Å². The molecule has 106 valence electrons. The molecule has 0 bridgehead atoms. The Morgan fingerprint density at radius 2 is 2.15 bits per heavy atom. The molecule has 0 spiro atoms. The molecule has 20 heavy (non-hydrogen) atoms. The van der Waals surface area contributed by atoms with Crippen LogP contribution in [0.3, 0.4) is 0 Å². The number of fused-ring (bicyclic) bond motifs is 3. The third-order valence-electron chi connectivity index (χ3n) is 3.14. The molecular weight excluding hydrogens is 279 g/mol. The van der Waals surface area contributed by atoms with Gasteiger partial charge in [0.25, 0.3) is 5.69 Å². The lowest BCUT2D eigenvalue weighted by Crippen LogP contribution is -2.16. The van der Waals surface area contributed by atoms with E-state index in [4.69, 9.17) is 4.74 Å². The highest BCUT2D eigenvalue weighted by Gasteiger charge is 2.39. The zero-order valence-corrected chi connectivity index (χ0v) is 9.98. The number of imidazole rings is 1. The standard InChI is InChI=1S/C11H8F3N3O3/c12-11(13,14)6-3-7-9(4-8(6)17(18)19)16-1-2-20-5-10(16)15-7/h3-4H,1-2,5H2. The number of aromatic nitrogens is 2. The van der Waals surface area contributed by atoms with Gasteiger partial charge in [-0.25, -0.2) is 4.98 Å². The normalized spacial score (nSPS) is 15.3. The van der Waals surface area contributed by atoms with E-state index in [-0.39, 0.29) is 12.1 Å². The summed E-state index contributed by atoms with van der Waals surface area (Å²) in [5.41, 5.74) is -1.84. The highest BCUT2D eigenvalue weighted by atomic mass is 19.4. The third-order valence-corrected chi connectivity index (χ3v) is 3.14. The summed E-state index contributed by atoms with van der Waals surface area (Å²) in [6.07, 6.45) is -4.79. The van der Waals surface area contributed by atoms with Crippen LogP contribution < -0.4 is 0 Å². The molecule has 0 atom stereocenters. The van der Waals surface area contributed by atoms with Crippen molar-refractivity contribution in [1.82, 2.24) is 9.55 Å². The molecule has 0 radical (unpaired) electrons. The fourth-order valence-corrected chi connectivity index (χ4v) is 2.27. The summed E-state index contributed by atoms with van der Waals surface area (Å²) in [5.74, 6) is 0.472. The monoisotopic (exact) mass is 287 g/mol. The smallest absolute Gasteiger partial charge is 0.372 e. The minimum absolute atomic E-state index is 0.0865. The van der Waals surface area contributed by atoms with Gasteiger partial charge in [0, 0.05) is 12.6 Å². The number of hydrogen-bond donors (Lipinski definition) is 0. The summed E-state index contributed by atoms with van der Waals surface area (Å²) in [5, 5.41) is 10.9. The van der Waals surface area contributed by atoms with Crippen LogP contribution in [-0.4, -0.2) is 21.1 Å². The number of nitro benzene ring substituents is 1. The lowest BCUT2D eigenvalue weighted by Gasteiger charge is -2.14. The number of nitrogens with zero attached hydrogens (tertiary/aromatic N) is 3. The average Bonchev–Trinajstić information content (AvgIpc) is 2.73. The SMILES string of the molecule is O=[N+]([O-])c1cc2c(cc1C(F)(F)F)nc1n2CCOC1. The van der Waals surface area contributed by atoms with Crippen molar-refractivity contribution < 1.29 is 22.8 Å². The molecule has 0 aliphatic carbocycles. The molecule has 2 aromatic rings. The predicted molar refractivity (Wildman–Crippen MR) is 61.0 cm³/mol. The van der Waals surface area contributed by atoms with E-state index in [1.54, 1.807) is 4.57 Å². The fourth-order valence-electron chi connectivity index (χ4n) is 2.27. The van der Waals surface area contributed by atoms with Crippen molar-refractivity contribution >= 4 is 16.7 Å². The van der Waals surface area contributed by atoms with Crippen molar-refractivity contribution in [2.45, 2.75) is 19.3 Å². The number of ether oxygens (including phenoxy) is 1. The second-order valence-corrected chi connectivity index (χ2v) is 4.35. The number of benzene rings is 1. The van der Waals surface area contributed by atoms with Gasteiger partial charge in [-0.3, -0.25) is 10.1 Å². The van der Waals surface area contributed by atoms with Crippen LogP contribution >= 0.6 is 0 Å². The number of alkyl halides is 3. The van der Waals surface area contributed by atoms with Crippen molar-refractivity contribution in [2.75, 3.05) is 6.61 Å². The first-order chi connectivity index (χ1) is 9.38. The van der Waals surface area contributed by atoms with Crippen molar-refractivity contribution in [3.63, 3.8) is 0 Å². The lowest BCUT2D eigenvalue weighted by atomic mass is 10.1. The van der Waals surface area contributed by atoms with Crippen molar-refractivity contribution in [3.05, 3.63) is 33.6 Å². The van der Waals surface area contributed by atoms with E-state index in [0.29, 0.717) is 24.5 Å². The van der Waals surface area contributed by atoms with Crippen LogP contribution in [0.4, 0.5) is 18.9 Å². The van der Waals surface area contributed by atoms with Gasteiger partial charge in [-0.2, -0.15) is 13.2 Å². The molecule has 6 nitrogen and oxygen atoms in total. The van der Waals surface area contributed by atoms with Crippen molar-refractivity contribution in [2.24, 2.45) is 0 Å². The van der Waals surface area contributed by atoms with Crippen molar-refractivity contribution in [1.29, 1.82) is 0 Å². The van der Waals surface area contributed by atoms with Gasteiger partial charge in [0.1, 0.15) is 18.0 Å². The van der Waals surface area contributed by atoms with Gasteiger partial charge in [-0.1, -0.05) is 0 Å². The molecule has 0 amide bonds. The van der Waals surface area contributed by atoms with Crippen LogP contribution in [0.5, 0.6) is 0 Å². The van der Waals surface area contributed by atoms with Gasteiger partial charge in [-0.05, 0) is 6.07 Å². The van der Waals surface area contributed by atoms with Crippen LogP contribution in [0.15, 0.2) is 12.1 Å². The highest BCUT2D eigenvalue weighted by Crippen LogP contribution is 2.38. The van der Waals surface area contributed by atoms with E-state index in [1.165, 1.54) is 0 Å². The second-order valence-electron chi connectivity index (χ2n) is 4.35. The van der Waals surface area contributed by atoms with Gasteiger partial charge in [0.05, 0.1) is 22.6 Å². The molecule has 2 heterocycles. The number of nitro groups is 1. The Morgan fingerprint density at radius 3 is 2.80 bits per heavy atom.